The highest BCUT2D eigenvalue weighted by molar-refractivity contribution is 8.14. The van der Waals surface area contributed by atoms with Crippen LogP contribution in [-0.4, -0.2) is 34.7 Å². The maximum atomic E-state index is 12.0. The molecule has 110 valence electrons. The largest absolute Gasteiger partial charge is 0.384 e. The Labute approximate surface area is 127 Å². The van der Waals surface area contributed by atoms with Gasteiger partial charge in [-0.05, 0) is 24.6 Å². The highest BCUT2D eigenvalue weighted by Crippen LogP contribution is 2.17. The lowest BCUT2D eigenvalue weighted by Crippen LogP contribution is -2.43. The number of rotatable bonds is 3. The fraction of sp³-hybridized carbons (Fsp3) is 0.333. The summed E-state index contributed by atoms with van der Waals surface area (Å²) in [6.07, 6.45) is 0. The van der Waals surface area contributed by atoms with Gasteiger partial charge in [0.2, 0.25) is 5.91 Å². The summed E-state index contributed by atoms with van der Waals surface area (Å²) in [6.45, 7) is 1.69. The lowest BCUT2D eigenvalue weighted by Gasteiger charge is -2.17. The standard InChI is InChI=1S/C15H16N2O3S/c1-10(16-14(19)13-9-21-15(20)17-13)12-6-2-4-11(8-12)5-3-7-18/h2,4,6,8,10,13,18H,7,9H2,1H3,(H,16,19)(H,17,20). The van der Waals surface area contributed by atoms with E-state index in [1.54, 1.807) is 0 Å². The molecule has 0 aromatic heterocycles. The number of thioether (sulfide) groups is 1. The minimum atomic E-state index is -0.470. The van der Waals surface area contributed by atoms with E-state index < -0.39 is 6.04 Å². The first-order valence-corrected chi connectivity index (χ1v) is 7.52. The topological polar surface area (TPSA) is 78.4 Å². The zero-order chi connectivity index (χ0) is 15.2. The van der Waals surface area contributed by atoms with Crippen LogP contribution in [0.3, 0.4) is 0 Å². The van der Waals surface area contributed by atoms with Crippen LogP contribution in [0.5, 0.6) is 0 Å². The molecule has 1 fully saturated rings. The molecule has 21 heavy (non-hydrogen) atoms. The minimum Gasteiger partial charge on any atom is -0.384 e. The maximum Gasteiger partial charge on any atom is 0.279 e. The van der Waals surface area contributed by atoms with Gasteiger partial charge in [-0.15, -0.1) is 0 Å². The summed E-state index contributed by atoms with van der Waals surface area (Å²) in [6, 6.07) is 6.81. The van der Waals surface area contributed by atoms with Crippen LogP contribution in [0.25, 0.3) is 0 Å². The summed E-state index contributed by atoms with van der Waals surface area (Å²) >= 11 is 1.12. The molecule has 2 unspecified atom stereocenters. The maximum absolute atomic E-state index is 12.0. The molecule has 2 amide bonds. The molecule has 2 atom stereocenters. The summed E-state index contributed by atoms with van der Waals surface area (Å²) in [5.41, 5.74) is 1.71. The Kier molecular flexibility index (Phi) is 5.26. The second-order valence-corrected chi connectivity index (χ2v) is 5.60. The quantitative estimate of drug-likeness (QED) is 0.729. The molecule has 5 nitrogen and oxygen atoms in total. The molecule has 1 heterocycles. The van der Waals surface area contributed by atoms with E-state index in [9.17, 15) is 9.59 Å². The van der Waals surface area contributed by atoms with Gasteiger partial charge < -0.3 is 15.7 Å². The third kappa shape index (κ3) is 4.25. The van der Waals surface area contributed by atoms with Gasteiger partial charge in [0.1, 0.15) is 12.6 Å². The van der Waals surface area contributed by atoms with Crippen molar-refractivity contribution in [1.29, 1.82) is 0 Å². The van der Waals surface area contributed by atoms with E-state index in [2.05, 4.69) is 22.5 Å². The van der Waals surface area contributed by atoms with Gasteiger partial charge in [-0.1, -0.05) is 35.7 Å². The minimum absolute atomic E-state index is 0.163. The van der Waals surface area contributed by atoms with E-state index in [1.165, 1.54) is 0 Å². The molecule has 3 N–H and O–H groups in total. The smallest absolute Gasteiger partial charge is 0.279 e. The Hall–Kier alpha value is -1.97. The second kappa shape index (κ2) is 7.16. The van der Waals surface area contributed by atoms with Crippen molar-refractivity contribution in [2.24, 2.45) is 0 Å². The lowest BCUT2D eigenvalue weighted by molar-refractivity contribution is -0.122. The van der Waals surface area contributed by atoms with Gasteiger partial charge in [-0.3, -0.25) is 9.59 Å². The highest BCUT2D eigenvalue weighted by atomic mass is 32.2. The van der Waals surface area contributed by atoms with Gasteiger partial charge in [0.25, 0.3) is 5.24 Å². The number of aliphatic hydroxyl groups is 1. The van der Waals surface area contributed by atoms with E-state index in [0.717, 1.165) is 22.9 Å². The van der Waals surface area contributed by atoms with Gasteiger partial charge in [-0.25, -0.2) is 0 Å². The molecule has 1 aliphatic heterocycles. The fourth-order valence-corrected chi connectivity index (χ4v) is 2.73. The van der Waals surface area contributed by atoms with Crippen LogP contribution in [0, 0.1) is 11.8 Å². The summed E-state index contributed by atoms with van der Waals surface area (Å²) in [5, 5.41) is 14.0. The van der Waals surface area contributed by atoms with Crippen LogP contribution in [-0.2, 0) is 4.79 Å². The number of nitrogens with one attached hydrogen (secondary N) is 2. The number of hydrogen-bond acceptors (Lipinski definition) is 4. The van der Waals surface area contributed by atoms with Crippen molar-refractivity contribution in [3.05, 3.63) is 35.4 Å². The van der Waals surface area contributed by atoms with Crippen molar-refractivity contribution in [2.75, 3.05) is 12.4 Å². The van der Waals surface area contributed by atoms with E-state index in [4.69, 9.17) is 5.11 Å². The van der Waals surface area contributed by atoms with E-state index in [1.807, 2.05) is 31.2 Å². The van der Waals surface area contributed by atoms with Crippen molar-refractivity contribution in [3.63, 3.8) is 0 Å². The van der Waals surface area contributed by atoms with Gasteiger partial charge in [-0.2, -0.15) is 0 Å². The van der Waals surface area contributed by atoms with Crippen molar-refractivity contribution < 1.29 is 14.7 Å². The van der Waals surface area contributed by atoms with Gasteiger partial charge >= 0.3 is 0 Å². The number of carbonyl (C=O) groups is 2. The zero-order valence-electron chi connectivity index (χ0n) is 11.6. The molecule has 1 saturated heterocycles. The Morgan fingerprint density at radius 3 is 3.10 bits per heavy atom. The first-order chi connectivity index (χ1) is 10.1. The number of aliphatic hydroxyl groups excluding tert-OH is 1. The van der Waals surface area contributed by atoms with Crippen LogP contribution < -0.4 is 10.6 Å². The summed E-state index contributed by atoms with van der Waals surface area (Å²) in [7, 11) is 0. The zero-order valence-corrected chi connectivity index (χ0v) is 12.4. The van der Waals surface area contributed by atoms with Gasteiger partial charge in [0, 0.05) is 11.3 Å². The van der Waals surface area contributed by atoms with Gasteiger partial charge in [0.05, 0.1) is 6.04 Å². The number of carbonyl (C=O) groups excluding carboxylic acids is 2. The van der Waals surface area contributed by atoms with Crippen molar-refractivity contribution in [1.82, 2.24) is 10.6 Å². The first kappa shape index (κ1) is 15.4. The van der Waals surface area contributed by atoms with Crippen LogP contribution in [0.2, 0.25) is 0 Å². The Bertz CT molecular complexity index is 606. The first-order valence-electron chi connectivity index (χ1n) is 6.53. The predicted molar refractivity (Wildman–Crippen MR) is 81.7 cm³/mol. The average Bonchev–Trinajstić information content (AvgIpc) is 2.92. The van der Waals surface area contributed by atoms with Crippen LogP contribution in [0.1, 0.15) is 24.1 Å². The molecule has 2 rings (SSSR count). The molecule has 0 aliphatic carbocycles. The number of benzene rings is 1. The average molecular weight is 304 g/mol. The summed E-state index contributed by atoms with van der Waals surface area (Å²) in [4.78, 5) is 23.1. The van der Waals surface area contributed by atoms with E-state index in [0.29, 0.717) is 5.75 Å². The molecule has 0 saturated carbocycles. The predicted octanol–water partition coefficient (Wildman–Crippen LogP) is 1.03. The third-order valence-corrected chi connectivity index (χ3v) is 3.93. The Morgan fingerprint density at radius 1 is 1.62 bits per heavy atom. The molecular weight excluding hydrogens is 288 g/mol. The van der Waals surface area contributed by atoms with Crippen LogP contribution in [0.15, 0.2) is 24.3 Å². The lowest BCUT2D eigenvalue weighted by atomic mass is 10.0. The third-order valence-electron chi connectivity index (χ3n) is 3.05. The van der Waals surface area contributed by atoms with Crippen LogP contribution >= 0.6 is 11.8 Å². The monoisotopic (exact) mass is 304 g/mol. The molecule has 0 radical (unpaired) electrons. The van der Waals surface area contributed by atoms with Crippen molar-refractivity contribution >= 4 is 22.9 Å². The molecule has 0 spiro atoms. The highest BCUT2D eigenvalue weighted by Gasteiger charge is 2.28. The summed E-state index contributed by atoms with van der Waals surface area (Å²) < 4.78 is 0. The Balaban J connectivity index is 2.01. The van der Waals surface area contributed by atoms with E-state index in [-0.39, 0.29) is 23.8 Å². The van der Waals surface area contributed by atoms with Crippen LogP contribution in [0.4, 0.5) is 4.79 Å². The Morgan fingerprint density at radius 2 is 2.43 bits per heavy atom. The van der Waals surface area contributed by atoms with Gasteiger partial charge in [0.15, 0.2) is 0 Å². The number of hydrogen-bond donors (Lipinski definition) is 3. The molecule has 0 bridgehead atoms. The molecular formula is C15H16N2O3S. The molecule has 1 aromatic carbocycles. The van der Waals surface area contributed by atoms with E-state index >= 15 is 0 Å². The molecule has 1 aromatic rings. The SMILES string of the molecule is CC(NC(=O)C1CSC(=O)N1)c1cccc(C#CCO)c1. The normalized spacial score (nSPS) is 18.4. The number of amides is 2. The second-order valence-electron chi connectivity index (χ2n) is 4.61. The van der Waals surface area contributed by atoms with Crippen molar-refractivity contribution in [3.8, 4) is 11.8 Å². The fourth-order valence-electron chi connectivity index (χ4n) is 1.95. The summed E-state index contributed by atoms with van der Waals surface area (Å²) in [5.74, 6) is 5.69. The molecule has 1 aliphatic rings. The molecule has 6 heteroatoms. The van der Waals surface area contributed by atoms with Crippen molar-refractivity contribution in [2.45, 2.75) is 19.0 Å².